The predicted molar refractivity (Wildman–Crippen MR) is 174 cm³/mol. The van der Waals surface area contributed by atoms with Gasteiger partial charge in [0.15, 0.2) is 0 Å². The first-order valence-electron chi connectivity index (χ1n) is 13.8. The summed E-state index contributed by atoms with van der Waals surface area (Å²) in [5.74, 6) is -1.68. The van der Waals surface area contributed by atoms with Gasteiger partial charge >= 0.3 is 0 Å². The first-order chi connectivity index (χ1) is 22.0. The van der Waals surface area contributed by atoms with E-state index in [9.17, 15) is 24.5 Å². The molecule has 0 saturated heterocycles. The van der Waals surface area contributed by atoms with E-state index >= 15 is 0 Å². The second-order valence-electron chi connectivity index (χ2n) is 10.6. The standard InChI is InChI=1S/C18H15N3O2.C17H11ClFN3O/c1-10-14-6-12(8-19)7-15(17(14)21-16(10)18(20)23)13-4-2-11(9-22)3-5-13;1-8-11-4-9(7-20)5-12(16(11)22-15(8)17(21)23)10-2-3-13(18)14(19)6-10/h2-7,21-22H,9H2,1H3,(H2,20,23);2-6,22H,1H3,(H2,21,23). The molecule has 46 heavy (non-hydrogen) atoms. The highest BCUT2D eigenvalue weighted by Gasteiger charge is 2.18. The van der Waals surface area contributed by atoms with E-state index in [-0.39, 0.29) is 17.3 Å². The molecule has 2 heterocycles. The second kappa shape index (κ2) is 12.6. The molecule has 0 aliphatic carbocycles. The van der Waals surface area contributed by atoms with Crippen LogP contribution in [0.3, 0.4) is 0 Å². The highest BCUT2D eigenvalue weighted by molar-refractivity contribution is 6.30. The number of hydrogen-bond acceptors (Lipinski definition) is 5. The zero-order chi connectivity index (χ0) is 33.3. The fourth-order valence-electron chi connectivity index (χ4n) is 5.38. The fraction of sp³-hybridized carbons (Fsp3) is 0.0857. The Labute approximate surface area is 267 Å². The van der Waals surface area contributed by atoms with Crippen LogP contribution in [0.25, 0.3) is 44.1 Å². The van der Waals surface area contributed by atoms with Crippen molar-refractivity contribution in [2.75, 3.05) is 0 Å². The molecule has 4 aromatic carbocycles. The van der Waals surface area contributed by atoms with Crippen molar-refractivity contribution >= 4 is 45.2 Å². The minimum Gasteiger partial charge on any atom is -0.392 e. The number of nitrogens with two attached hydrogens (primary N) is 2. The van der Waals surface area contributed by atoms with Crippen LogP contribution >= 0.6 is 11.6 Å². The van der Waals surface area contributed by atoms with Crippen LogP contribution < -0.4 is 11.5 Å². The summed E-state index contributed by atoms with van der Waals surface area (Å²) in [6, 6.07) is 22.8. The molecule has 9 nitrogen and oxygen atoms in total. The number of primary amides is 2. The lowest BCUT2D eigenvalue weighted by molar-refractivity contribution is 0.0987. The molecule has 0 aliphatic rings. The number of nitrogens with zero attached hydrogens (tertiary/aromatic N) is 2. The van der Waals surface area contributed by atoms with Gasteiger partial charge in [0.05, 0.1) is 45.9 Å². The molecular weight excluding hydrogens is 607 g/mol. The number of H-pyrrole nitrogens is 2. The van der Waals surface area contributed by atoms with Crippen molar-refractivity contribution in [1.82, 2.24) is 9.97 Å². The van der Waals surface area contributed by atoms with Crippen molar-refractivity contribution < 1.29 is 19.1 Å². The largest absolute Gasteiger partial charge is 0.392 e. The Balaban J connectivity index is 0.000000181. The fourth-order valence-corrected chi connectivity index (χ4v) is 5.50. The summed E-state index contributed by atoms with van der Waals surface area (Å²) < 4.78 is 13.8. The van der Waals surface area contributed by atoms with Gasteiger partial charge in [-0.1, -0.05) is 41.9 Å². The summed E-state index contributed by atoms with van der Waals surface area (Å²) in [5.41, 5.74) is 18.8. The average molecular weight is 633 g/mol. The van der Waals surface area contributed by atoms with E-state index in [2.05, 4.69) is 22.1 Å². The van der Waals surface area contributed by atoms with Gasteiger partial charge in [0.25, 0.3) is 11.8 Å². The van der Waals surface area contributed by atoms with E-state index in [1.54, 1.807) is 44.2 Å². The molecule has 2 amide bonds. The third-order valence-corrected chi connectivity index (χ3v) is 8.07. The van der Waals surface area contributed by atoms with E-state index in [4.69, 9.17) is 28.2 Å². The lowest BCUT2D eigenvalue weighted by Crippen LogP contribution is -2.12. The molecule has 228 valence electrons. The number of carbonyl (C=O) groups is 2. The zero-order valence-corrected chi connectivity index (χ0v) is 25.4. The van der Waals surface area contributed by atoms with E-state index in [1.807, 2.05) is 24.3 Å². The first kappa shape index (κ1) is 31.5. The minimum absolute atomic E-state index is 0.0157. The molecule has 0 atom stereocenters. The summed E-state index contributed by atoms with van der Waals surface area (Å²) in [5, 5.41) is 29.2. The summed E-state index contributed by atoms with van der Waals surface area (Å²) in [6.45, 7) is 3.52. The van der Waals surface area contributed by atoms with Gasteiger partial charge in [0.2, 0.25) is 0 Å². The van der Waals surface area contributed by atoms with Crippen molar-refractivity contribution in [2.24, 2.45) is 11.5 Å². The van der Waals surface area contributed by atoms with Crippen molar-refractivity contribution in [2.45, 2.75) is 20.5 Å². The number of benzene rings is 4. The highest BCUT2D eigenvalue weighted by atomic mass is 35.5. The summed E-state index contributed by atoms with van der Waals surface area (Å²) in [7, 11) is 0. The van der Waals surface area contributed by atoms with Gasteiger partial charge in [-0.15, -0.1) is 0 Å². The van der Waals surface area contributed by atoms with Crippen LogP contribution in [0.4, 0.5) is 4.39 Å². The number of fused-ring (bicyclic) bond motifs is 2. The predicted octanol–water partition coefficient (Wildman–Crippen LogP) is 6.51. The lowest BCUT2D eigenvalue weighted by atomic mass is 9.98. The maximum absolute atomic E-state index is 13.8. The number of carbonyl (C=O) groups excluding carboxylic acids is 2. The van der Waals surface area contributed by atoms with Gasteiger partial charge in [-0.2, -0.15) is 10.5 Å². The first-order valence-corrected chi connectivity index (χ1v) is 14.2. The molecule has 0 saturated carbocycles. The highest BCUT2D eigenvalue weighted by Crippen LogP contribution is 2.35. The molecule has 11 heteroatoms. The van der Waals surface area contributed by atoms with Gasteiger partial charge in [0.1, 0.15) is 17.2 Å². The zero-order valence-electron chi connectivity index (χ0n) is 24.6. The van der Waals surface area contributed by atoms with Crippen LogP contribution in [0, 0.1) is 42.3 Å². The van der Waals surface area contributed by atoms with Crippen LogP contribution in [0.5, 0.6) is 0 Å². The number of rotatable bonds is 5. The van der Waals surface area contributed by atoms with E-state index < -0.39 is 17.6 Å². The van der Waals surface area contributed by atoms with Crippen LogP contribution in [0.1, 0.15) is 48.8 Å². The second-order valence-corrected chi connectivity index (χ2v) is 11.0. The van der Waals surface area contributed by atoms with Crippen molar-refractivity contribution in [3.05, 3.63) is 117 Å². The molecule has 0 radical (unpaired) electrons. The van der Waals surface area contributed by atoms with E-state index in [0.29, 0.717) is 44.4 Å². The average Bonchev–Trinajstić information content (AvgIpc) is 3.58. The number of halogens is 2. The maximum atomic E-state index is 13.8. The summed E-state index contributed by atoms with van der Waals surface area (Å²) in [4.78, 5) is 29.2. The summed E-state index contributed by atoms with van der Waals surface area (Å²) in [6.07, 6.45) is 0. The third kappa shape index (κ3) is 5.78. The molecule has 0 unspecified atom stereocenters. The Morgan fingerprint density at radius 2 is 1.24 bits per heavy atom. The number of aryl methyl sites for hydroxylation is 2. The van der Waals surface area contributed by atoms with Crippen molar-refractivity contribution in [3.63, 3.8) is 0 Å². The smallest absolute Gasteiger partial charge is 0.265 e. The van der Waals surface area contributed by atoms with Gasteiger partial charge in [-0.3, -0.25) is 9.59 Å². The molecule has 0 spiro atoms. The number of aromatic nitrogens is 2. The van der Waals surface area contributed by atoms with Crippen LogP contribution in [0.2, 0.25) is 5.02 Å². The van der Waals surface area contributed by atoms with Gasteiger partial charge in [-0.25, -0.2) is 4.39 Å². The molecule has 0 fully saturated rings. The molecular formula is C35H26ClFN6O3. The van der Waals surface area contributed by atoms with Crippen LogP contribution in [-0.2, 0) is 6.61 Å². The molecule has 2 aromatic heterocycles. The Bertz CT molecular complexity index is 2270. The summed E-state index contributed by atoms with van der Waals surface area (Å²) >= 11 is 5.72. The molecule has 6 aromatic rings. The van der Waals surface area contributed by atoms with Crippen LogP contribution in [0.15, 0.2) is 66.7 Å². The number of aliphatic hydroxyl groups excluding tert-OH is 1. The molecule has 6 rings (SSSR count). The Morgan fingerprint density at radius 1 is 0.783 bits per heavy atom. The molecule has 0 aliphatic heterocycles. The number of aliphatic hydroxyl groups is 1. The Kier molecular flexibility index (Phi) is 8.61. The number of nitrogens with one attached hydrogen (secondary N) is 2. The van der Waals surface area contributed by atoms with E-state index in [1.165, 1.54) is 12.1 Å². The Hall–Kier alpha value is -5.94. The van der Waals surface area contributed by atoms with Gasteiger partial charge < -0.3 is 26.5 Å². The van der Waals surface area contributed by atoms with Gasteiger partial charge in [0, 0.05) is 21.9 Å². The number of amides is 2. The SMILES string of the molecule is Cc1c(C(N)=O)[nH]c2c(-c3ccc(CO)cc3)cc(C#N)cc12.Cc1c(C(N)=O)[nH]c2c(-c3ccc(Cl)c(F)c3)cc(C#N)cc12. The van der Waals surface area contributed by atoms with Crippen molar-refractivity contribution in [1.29, 1.82) is 10.5 Å². The van der Waals surface area contributed by atoms with Crippen molar-refractivity contribution in [3.8, 4) is 34.4 Å². The molecule has 0 bridgehead atoms. The minimum atomic E-state index is -0.592. The van der Waals surface area contributed by atoms with Crippen LogP contribution in [-0.4, -0.2) is 26.9 Å². The maximum Gasteiger partial charge on any atom is 0.265 e. The lowest BCUT2D eigenvalue weighted by Gasteiger charge is -2.06. The topological polar surface area (TPSA) is 186 Å². The van der Waals surface area contributed by atoms with E-state index in [0.717, 1.165) is 33.2 Å². The molecule has 7 N–H and O–H groups in total. The number of nitriles is 2. The normalized spacial score (nSPS) is 10.7. The Morgan fingerprint density at radius 3 is 1.65 bits per heavy atom. The number of aromatic amines is 2. The third-order valence-electron chi connectivity index (χ3n) is 7.76. The monoisotopic (exact) mass is 632 g/mol. The number of hydrogen-bond donors (Lipinski definition) is 5. The quantitative estimate of drug-likeness (QED) is 0.145. The van der Waals surface area contributed by atoms with Gasteiger partial charge in [-0.05, 0) is 78.1 Å².